The van der Waals surface area contributed by atoms with Crippen LogP contribution in [0, 0.1) is 0 Å². The van der Waals surface area contributed by atoms with Crippen LogP contribution < -0.4 is 10.2 Å². The van der Waals surface area contributed by atoms with Gasteiger partial charge in [-0.25, -0.2) is 9.97 Å². The van der Waals surface area contributed by atoms with E-state index in [4.69, 9.17) is 9.97 Å². The van der Waals surface area contributed by atoms with Gasteiger partial charge in [0, 0.05) is 41.7 Å². The minimum absolute atomic E-state index is 0.0313. The van der Waals surface area contributed by atoms with E-state index >= 15 is 0 Å². The summed E-state index contributed by atoms with van der Waals surface area (Å²) < 4.78 is 0. The van der Waals surface area contributed by atoms with Crippen LogP contribution in [-0.2, 0) is 5.75 Å². The lowest BCUT2D eigenvalue weighted by atomic mass is 10.0. The van der Waals surface area contributed by atoms with Crippen LogP contribution in [0.3, 0.4) is 0 Å². The first-order valence-corrected chi connectivity index (χ1v) is 12.2. The van der Waals surface area contributed by atoms with Gasteiger partial charge in [0.1, 0.15) is 5.82 Å². The molecule has 1 N–H and O–H groups in total. The lowest BCUT2D eigenvalue weighted by Gasteiger charge is -2.34. The van der Waals surface area contributed by atoms with Gasteiger partial charge in [-0.3, -0.25) is 4.79 Å². The van der Waals surface area contributed by atoms with Crippen LogP contribution in [0.4, 0.5) is 5.82 Å². The molecule has 1 aromatic heterocycles. The third-order valence-corrected chi connectivity index (χ3v) is 6.79. The second-order valence-corrected chi connectivity index (χ2v) is 9.81. The molecule has 160 valence electrons. The Bertz CT molecular complexity index is 897. The Kier molecular flexibility index (Phi) is 6.61. The van der Waals surface area contributed by atoms with E-state index in [0.29, 0.717) is 18.0 Å². The number of piperidine rings is 1. The fraction of sp³-hybridized carbons (Fsp3) is 0.542. The Balaban J connectivity index is 1.49. The first kappa shape index (κ1) is 21.2. The highest BCUT2D eigenvalue weighted by atomic mass is 32.2. The molecule has 1 aliphatic heterocycles. The number of anilines is 1. The van der Waals surface area contributed by atoms with Gasteiger partial charge in [-0.15, -0.1) is 0 Å². The fourth-order valence-electron chi connectivity index (χ4n) is 3.82. The zero-order chi connectivity index (χ0) is 21.1. The summed E-state index contributed by atoms with van der Waals surface area (Å²) in [6, 6.07) is 11.0. The van der Waals surface area contributed by atoms with Crippen LogP contribution in [0.15, 0.2) is 35.5 Å². The third-order valence-electron chi connectivity index (χ3n) is 5.87. The molecule has 30 heavy (non-hydrogen) atoms. The van der Waals surface area contributed by atoms with E-state index in [9.17, 15) is 4.79 Å². The fourth-order valence-corrected chi connectivity index (χ4v) is 4.63. The van der Waals surface area contributed by atoms with Crippen LogP contribution in [0.25, 0.3) is 0 Å². The summed E-state index contributed by atoms with van der Waals surface area (Å²) >= 11 is 1.65. The second kappa shape index (κ2) is 9.38. The Morgan fingerprint density at radius 2 is 2.03 bits per heavy atom. The zero-order valence-electron chi connectivity index (χ0n) is 18.2. The number of hydrogen-bond acceptors (Lipinski definition) is 5. The quantitative estimate of drug-likeness (QED) is 0.491. The van der Waals surface area contributed by atoms with Gasteiger partial charge in [-0.2, -0.15) is 0 Å². The molecule has 0 bridgehead atoms. The molecule has 4 rings (SSSR count). The molecule has 1 amide bonds. The molecular formula is C24H32N4OS. The number of rotatable bonds is 7. The molecule has 1 aromatic carbocycles. The zero-order valence-corrected chi connectivity index (χ0v) is 19.0. The number of carbonyl (C=O) groups excluding carboxylic acids is 1. The number of amides is 1. The molecule has 1 aliphatic carbocycles. The highest BCUT2D eigenvalue weighted by Gasteiger charge is 2.24. The van der Waals surface area contributed by atoms with E-state index < -0.39 is 0 Å². The minimum atomic E-state index is 0.0313. The summed E-state index contributed by atoms with van der Waals surface area (Å²) in [4.78, 5) is 24.5. The number of nitrogens with one attached hydrogen (secondary N) is 1. The van der Waals surface area contributed by atoms with Crippen LogP contribution in [0.1, 0.15) is 80.4 Å². The van der Waals surface area contributed by atoms with E-state index in [2.05, 4.69) is 43.1 Å². The van der Waals surface area contributed by atoms with Crippen molar-refractivity contribution in [2.24, 2.45) is 0 Å². The molecule has 2 heterocycles. The molecule has 2 fully saturated rings. The third kappa shape index (κ3) is 5.34. The van der Waals surface area contributed by atoms with Crippen molar-refractivity contribution in [3.8, 4) is 0 Å². The normalized spacial score (nSPS) is 19.2. The summed E-state index contributed by atoms with van der Waals surface area (Å²) in [5.41, 5.74) is 2.95. The summed E-state index contributed by atoms with van der Waals surface area (Å²) in [7, 11) is 0. The minimum Gasteiger partial charge on any atom is -0.354 e. The van der Waals surface area contributed by atoms with Gasteiger partial charge in [0.2, 0.25) is 0 Å². The Labute approximate surface area is 184 Å². The van der Waals surface area contributed by atoms with Gasteiger partial charge in [-0.05, 0) is 62.6 Å². The van der Waals surface area contributed by atoms with Gasteiger partial charge < -0.3 is 10.2 Å². The molecule has 1 saturated carbocycles. The van der Waals surface area contributed by atoms with E-state index in [-0.39, 0.29) is 5.91 Å². The van der Waals surface area contributed by atoms with Crippen molar-refractivity contribution in [3.05, 3.63) is 47.2 Å². The highest BCUT2D eigenvalue weighted by Crippen LogP contribution is 2.29. The largest absolute Gasteiger partial charge is 0.354 e. The monoisotopic (exact) mass is 424 g/mol. The van der Waals surface area contributed by atoms with Gasteiger partial charge in [0.25, 0.3) is 5.91 Å². The highest BCUT2D eigenvalue weighted by molar-refractivity contribution is 7.98. The SMILES string of the molecule is CC(C)c1cc(N2CCCC[C@H]2C)nc(SCc2cccc(C(=O)NC3CC3)c2)n1. The second-order valence-electron chi connectivity index (χ2n) is 8.86. The Morgan fingerprint density at radius 3 is 2.77 bits per heavy atom. The molecular weight excluding hydrogens is 392 g/mol. The molecule has 5 nitrogen and oxygen atoms in total. The average molecular weight is 425 g/mol. The molecule has 2 aliphatic rings. The topological polar surface area (TPSA) is 58.1 Å². The predicted molar refractivity (Wildman–Crippen MR) is 123 cm³/mol. The molecule has 1 atom stereocenters. The number of carbonyl (C=O) groups is 1. The van der Waals surface area contributed by atoms with Crippen LogP contribution in [-0.4, -0.2) is 34.5 Å². The van der Waals surface area contributed by atoms with Crippen molar-refractivity contribution < 1.29 is 4.79 Å². The number of benzene rings is 1. The maximum Gasteiger partial charge on any atom is 0.251 e. The first-order chi connectivity index (χ1) is 14.5. The standard InChI is InChI=1S/C24H32N4OS/c1-16(2)21-14-22(28-12-5-4-7-17(28)3)27-24(26-21)30-15-18-8-6-9-19(13-18)23(29)25-20-10-11-20/h6,8-9,13-14,16-17,20H,4-5,7,10-12,15H2,1-3H3,(H,25,29)/t17-/m1/s1. The molecule has 1 saturated heterocycles. The molecule has 0 unspecified atom stereocenters. The maximum absolute atomic E-state index is 12.3. The molecule has 0 spiro atoms. The molecule has 0 radical (unpaired) electrons. The van der Waals surface area contributed by atoms with E-state index in [0.717, 1.165) is 52.9 Å². The van der Waals surface area contributed by atoms with Crippen molar-refractivity contribution in [1.29, 1.82) is 0 Å². The number of hydrogen-bond donors (Lipinski definition) is 1. The van der Waals surface area contributed by atoms with Gasteiger partial charge in [-0.1, -0.05) is 37.7 Å². The van der Waals surface area contributed by atoms with Crippen molar-refractivity contribution >= 4 is 23.5 Å². The van der Waals surface area contributed by atoms with Crippen LogP contribution in [0.5, 0.6) is 0 Å². The van der Waals surface area contributed by atoms with E-state index in [1.165, 1.54) is 19.3 Å². The number of nitrogens with zero attached hydrogens (tertiary/aromatic N) is 3. The van der Waals surface area contributed by atoms with Crippen LogP contribution in [0.2, 0.25) is 0 Å². The van der Waals surface area contributed by atoms with Gasteiger partial charge in [0.05, 0.1) is 0 Å². The van der Waals surface area contributed by atoms with E-state index in [1.807, 2.05) is 18.2 Å². The van der Waals surface area contributed by atoms with Crippen molar-refractivity contribution in [2.45, 2.75) is 81.8 Å². The number of thioether (sulfide) groups is 1. The lowest BCUT2D eigenvalue weighted by Crippen LogP contribution is -2.38. The maximum atomic E-state index is 12.3. The van der Waals surface area contributed by atoms with Crippen molar-refractivity contribution in [1.82, 2.24) is 15.3 Å². The van der Waals surface area contributed by atoms with Crippen LogP contribution >= 0.6 is 11.8 Å². The molecule has 2 aromatic rings. The summed E-state index contributed by atoms with van der Waals surface area (Å²) in [5, 5.41) is 3.88. The van der Waals surface area contributed by atoms with Crippen molar-refractivity contribution in [2.75, 3.05) is 11.4 Å². The van der Waals surface area contributed by atoms with Gasteiger partial charge in [0.15, 0.2) is 5.16 Å². The smallest absolute Gasteiger partial charge is 0.251 e. The number of aromatic nitrogens is 2. The summed E-state index contributed by atoms with van der Waals surface area (Å²) in [5.74, 6) is 2.20. The average Bonchev–Trinajstić information content (AvgIpc) is 3.56. The first-order valence-electron chi connectivity index (χ1n) is 11.2. The lowest BCUT2D eigenvalue weighted by molar-refractivity contribution is 0.0951. The van der Waals surface area contributed by atoms with Crippen molar-refractivity contribution in [3.63, 3.8) is 0 Å². The van der Waals surface area contributed by atoms with E-state index in [1.54, 1.807) is 11.8 Å². The molecule has 6 heteroatoms. The van der Waals surface area contributed by atoms with Gasteiger partial charge >= 0.3 is 0 Å². The predicted octanol–water partition coefficient (Wildman–Crippen LogP) is 5.16. The Morgan fingerprint density at radius 1 is 1.20 bits per heavy atom. The summed E-state index contributed by atoms with van der Waals surface area (Å²) in [6.45, 7) is 7.73. The Hall–Kier alpha value is -2.08. The summed E-state index contributed by atoms with van der Waals surface area (Å²) in [6.07, 6.45) is 5.94.